The minimum atomic E-state index is -0.507. The van der Waals surface area contributed by atoms with Crippen LogP contribution in [0.15, 0.2) is 28.2 Å². The summed E-state index contributed by atoms with van der Waals surface area (Å²) in [5.74, 6) is -0.651. The molecule has 0 spiro atoms. The molecular formula is C19H20FN3O2S2. The lowest BCUT2D eigenvalue weighted by Crippen LogP contribution is -2.25. The van der Waals surface area contributed by atoms with Crippen molar-refractivity contribution in [3.05, 3.63) is 50.4 Å². The van der Waals surface area contributed by atoms with Gasteiger partial charge in [0.2, 0.25) is 5.91 Å². The number of nitrogens with zero attached hydrogens (tertiary/aromatic N) is 2. The molecule has 0 fully saturated rings. The third-order valence-electron chi connectivity index (χ3n) is 4.46. The van der Waals surface area contributed by atoms with Crippen molar-refractivity contribution in [2.75, 3.05) is 5.32 Å². The van der Waals surface area contributed by atoms with Gasteiger partial charge in [0.1, 0.15) is 10.6 Å². The van der Waals surface area contributed by atoms with E-state index in [1.165, 1.54) is 33.7 Å². The Kier molecular flexibility index (Phi) is 5.39. The van der Waals surface area contributed by atoms with Gasteiger partial charge < -0.3 is 5.32 Å². The van der Waals surface area contributed by atoms with Crippen LogP contribution in [0, 0.1) is 26.6 Å². The lowest BCUT2D eigenvalue weighted by molar-refractivity contribution is -0.115. The summed E-state index contributed by atoms with van der Waals surface area (Å²) in [5, 5.41) is 3.31. The highest BCUT2D eigenvalue weighted by molar-refractivity contribution is 8.00. The fraction of sp³-hybridized carbons (Fsp3) is 0.316. The minimum absolute atomic E-state index is 0.113. The number of carbonyl (C=O) groups excluding carboxylic acids is 1. The monoisotopic (exact) mass is 405 g/mol. The lowest BCUT2D eigenvalue weighted by atomic mass is 10.2. The molecule has 0 aliphatic carbocycles. The molecule has 1 atom stereocenters. The highest BCUT2D eigenvalue weighted by Crippen LogP contribution is 2.29. The van der Waals surface area contributed by atoms with E-state index in [1.54, 1.807) is 33.0 Å². The highest BCUT2D eigenvalue weighted by Gasteiger charge is 2.20. The van der Waals surface area contributed by atoms with E-state index in [2.05, 4.69) is 10.3 Å². The number of aryl methyl sites for hydroxylation is 3. The van der Waals surface area contributed by atoms with Gasteiger partial charge in [-0.05, 0) is 51.0 Å². The molecule has 3 rings (SSSR count). The molecule has 2 aromatic heterocycles. The zero-order valence-electron chi connectivity index (χ0n) is 15.7. The maximum Gasteiger partial charge on any atom is 0.262 e. The number of thiophene rings is 1. The number of hydrogen-bond donors (Lipinski definition) is 1. The molecule has 2 heterocycles. The lowest BCUT2D eigenvalue weighted by Gasteiger charge is -2.14. The Hall–Kier alpha value is -2.19. The summed E-state index contributed by atoms with van der Waals surface area (Å²) in [6, 6.07) is 4.57. The van der Waals surface area contributed by atoms with Gasteiger partial charge in [0.25, 0.3) is 5.56 Å². The Morgan fingerprint density at radius 3 is 2.70 bits per heavy atom. The van der Waals surface area contributed by atoms with Crippen LogP contribution in [0.1, 0.15) is 22.9 Å². The van der Waals surface area contributed by atoms with E-state index >= 15 is 0 Å². The molecule has 27 heavy (non-hydrogen) atoms. The molecular weight excluding hydrogens is 385 g/mol. The van der Waals surface area contributed by atoms with Gasteiger partial charge in [-0.3, -0.25) is 14.2 Å². The number of benzene rings is 1. The standard InChI is InChI=1S/C19H20FN3O2S2/c1-9-6-7-13(8-14(9)20)21-16(24)12(4)27-19-22-17-15(18(25)23(19)5)10(2)11(3)26-17/h6-8,12H,1-5H3,(H,21,24). The number of fused-ring (bicyclic) bond motifs is 1. The third kappa shape index (κ3) is 3.77. The first-order valence-corrected chi connectivity index (χ1v) is 10.1. The molecule has 1 aromatic carbocycles. The molecule has 3 aromatic rings. The number of thioether (sulfide) groups is 1. The van der Waals surface area contributed by atoms with Gasteiger partial charge in [-0.2, -0.15) is 0 Å². The first-order valence-electron chi connectivity index (χ1n) is 8.39. The number of carbonyl (C=O) groups is 1. The van der Waals surface area contributed by atoms with Gasteiger partial charge in [0, 0.05) is 17.6 Å². The van der Waals surface area contributed by atoms with Crippen molar-refractivity contribution in [3.63, 3.8) is 0 Å². The Labute approximate surface area is 164 Å². The molecule has 1 unspecified atom stereocenters. The van der Waals surface area contributed by atoms with Gasteiger partial charge in [0.15, 0.2) is 5.16 Å². The first-order chi connectivity index (χ1) is 12.7. The molecule has 0 saturated heterocycles. The summed E-state index contributed by atoms with van der Waals surface area (Å²) < 4.78 is 15.1. The van der Waals surface area contributed by atoms with Crippen LogP contribution in [-0.2, 0) is 11.8 Å². The van der Waals surface area contributed by atoms with Crippen LogP contribution in [0.2, 0.25) is 0 Å². The van der Waals surface area contributed by atoms with Gasteiger partial charge in [-0.25, -0.2) is 9.37 Å². The van der Waals surface area contributed by atoms with Crippen LogP contribution >= 0.6 is 23.1 Å². The molecule has 5 nitrogen and oxygen atoms in total. The molecule has 8 heteroatoms. The highest BCUT2D eigenvalue weighted by atomic mass is 32.2. The SMILES string of the molecule is Cc1ccc(NC(=O)C(C)Sc2nc3sc(C)c(C)c3c(=O)n2C)cc1F. The van der Waals surface area contributed by atoms with Crippen LogP contribution in [0.4, 0.5) is 10.1 Å². The second kappa shape index (κ2) is 7.44. The Morgan fingerprint density at radius 2 is 2.04 bits per heavy atom. The molecule has 0 bridgehead atoms. The van der Waals surface area contributed by atoms with Crippen LogP contribution < -0.4 is 10.9 Å². The summed E-state index contributed by atoms with van der Waals surface area (Å²) in [7, 11) is 1.66. The van der Waals surface area contributed by atoms with Gasteiger partial charge in [-0.15, -0.1) is 11.3 Å². The Bertz CT molecular complexity index is 1100. The maximum atomic E-state index is 13.7. The zero-order chi connectivity index (χ0) is 19.9. The summed E-state index contributed by atoms with van der Waals surface area (Å²) >= 11 is 2.68. The zero-order valence-corrected chi connectivity index (χ0v) is 17.3. The molecule has 1 amide bonds. The molecule has 0 radical (unpaired) electrons. The van der Waals surface area contributed by atoms with Crippen LogP contribution in [0.25, 0.3) is 10.2 Å². The topological polar surface area (TPSA) is 64.0 Å². The van der Waals surface area contributed by atoms with Crippen LogP contribution in [0.5, 0.6) is 0 Å². The summed E-state index contributed by atoms with van der Waals surface area (Å²) in [4.78, 5) is 31.5. The van der Waals surface area contributed by atoms with E-state index in [-0.39, 0.29) is 17.3 Å². The van der Waals surface area contributed by atoms with Crippen molar-refractivity contribution >= 4 is 44.9 Å². The van der Waals surface area contributed by atoms with E-state index in [0.29, 0.717) is 26.6 Å². The van der Waals surface area contributed by atoms with Crippen molar-refractivity contribution in [1.29, 1.82) is 0 Å². The molecule has 0 aliphatic rings. The Balaban J connectivity index is 1.83. The number of halogens is 1. The summed E-state index contributed by atoms with van der Waals surface area (Å²) in [6.07, 6.45) is 0. The van der Waals surface area contributed by atoms with E-state index in [1.807, 2.05) is 13.8 Å². The average molecular weight is 406 g/mol. The van der Waals surface area contributed by atoms with Crippen LogP contribution in [0.3, 0.4) is 0 Å². The summed E-state index contributed by atoms with van der Waals surface area (Å²) in [6.45, 7) is 7.27. The van der Waals surface area contributed by atoms with Crippen molar-refractivity contribution < 1.29 is 9.18 Å². The Morgan fingerprint density at radius 1 is 1.33 bits per heavy atom. The van der Waals surface area contributed by atoms with Crippen molar-refractivity contribution in [2.45, 2.75) is 38.1 Å². The fourth-order valence-electron chi connectivity index (χ4n) is 2.59. The van der Waals surface area contributed by atoms with E-state index in [0.717, 1.165) is 10.4 Å². The number of amides is 1. The smallest absolute Gasteiger partial charge is 0.262 e. The fourth-order valence-corrected chi connectivity index (χ4v) is 4.53. The second-order valence-electron chi connectivity index (χ2n) is 6.44. The average Bonchev–Trinajstić information content (AvgIpc) is 2.89. The van der Waals surface area contributed by atoms with Crippen molar-refractivity contribution in [3.8, 4) is 0 Å². The van der Waals surface area contributed by atoms with Gasteiger partial charge in [0.05, 0.1) is 10.6 Å². The van der Waals surface area contributed by atoms with Crippen LogP contribution in [-0.4, -0.2) is 20.7 Å². The number of aromatic nitrogens is 2. The molecule has 0 saturated carbocycles. The number of nitrogens with one attached hydrogen (secondary N) is 1. The number of rotatable bonds is 4. The number of hydrogen-bond acceptors (Lipinski definition) is 5. The largest absolute Gasteiger partial charge is 0.325 e. The molecule has 1 N–H and O–H groups in total. The second-order valence-corrected chi connectivity index (χ2v) is 8.95. The van der Waals surface area contributed by atoms with Gasteiger partial charge >= 0.3 is 0 Å². The molecule has 142 valence electrons. The van der Waals surface area contributed by atoms with E-state index in [4.69, 9.17) is 0 Å². The van der Waals surface area contributed by atoms with Crippen molar-refractivity contribution in [2.24, 2.45) is 7.05 Å². The third-order valence-corrected chi connectivity index (χ3v) is 6.70. The summed E-state index contributed by atoms with van der Waals surface area (Å²) in [5.41, 5.74) is 1.76. The minimum Gasteiger partial charge on any atom is -0.325 e. The first kappa shape index (κ1) is 19.6. The maximum absolute atomic E-state index is 13.7. The predicted molar refractivity (Wildman–Crippen MR) is 109 cm³/mol. The molecule has 0 aliphatic heterocycles. The van der Waals surface area contributed by atoms with Crippen molar-refractivity contribution in [1.82, 2.24) is 9.55 Å². The quantitative estimate of drug-likeness (QED) is 0.522. The normalized spacial score (nSPS) is 12.4. The van der Waals surface area contributed by atoms with E-state index in [9.17, 15) is 14.0 Å². The van der Waals surface area contributed by atoms with E-state index < -0.39 is 5.25 Å². The predicted octanol–water partition coefficient (Wildman–Crippen LogP) is 4.18. The van der Waals surface area contributed by atoms with Gasteiger partial charge in [-0.1, -0.05) is 17.8 Å². The number of anilines is 1.